The molecule has 0 aliphatic carbocycles. The second-order valence-corrected chi connectivity index (χ2v) is 4.52. The van der Waals surface area contributed by atoms with Gasteiger partial charge in [0.25, 0.3) is 0 Å². The van der Waals surface area contributed by atoms with E-state index in [0.29, 0.717) is 11.7 Å². The van der Waals surface area contributed by atoms with Crippen molar-refractivity contribution in [2.75, 3.05) is 6.61 Å². The van der Waals surface area contributed by atoms with Crippen molar-refractivity contribution in [1.82, 2.24) is 10.1 Å². The van der Waals surface area contributed by atoms with E-state index in [4.69, 9.17) is 15.4 Å². The van der Waals surface area contributed by atoms with E-state index >= 15 is 0 Å². The van der Waals surface area contributed by atoms with Crippen molar-refractivity contribution in [3.63, 3.8) is 0 Å². The Morgan fingerprint density at radius 3 is 2.50 bits per heavy atom. The molecule has 1 aromatic heterocycles. The molecule has 2 rings (SSSR count). The summed E-state index contributed by atoms with van der Waals surface area (Å²) in [6.07, 6.45) is 0. The number of nitrogens with two attached hydrogens (primary N) is 1. The summed E-state index contributed by atoms with van der Waals surface area (Å²) in [5.74, 6) is 1.23. The van der Waals surface area contributed by atoms with E-state index in [1.54, 1.807) is 0 Å². The third kappa shape index (κ3) is 2.57. The van der Waals surface area contributed by atoms with Crippen molar-refractivity contribution in [3.8, 4) is 11.4 Å². The van der Waals surface area contributed by atoms with Crippen LogP contribution < -0.4 is 5.73 Å². The van der Waals surface area contributed by atoms with Crippen LogP contribution >= 0.6 is 0 Å². The van der Waals surface area contributed by atoms with E-state index in [2.05, 4.69) is 24.0 Å². The molecular formula is C13H17N3O2. The number of aliphatic hydroxyl groups excluding tert-OH is 1. The lowest BCUT2D eigenvalue weighted by Crippen LogP contribution is -2.14. The summed E-state index contributed by atoms with van der Waals surface area (Å²) in [5.41, 5.74) is 7.74. The first-order chi connectivity index (χ1) is 8.61. The van der Waals surface area contributed by atoms with Gasteiger partial charge in [0.05, 0.1) is 6.61 Å². The van der Waals surface area contributed by atoms with E-state index < -0.39 is 6.04 Å². The minimum absolute atomic E-state index is 0.214. The predicted octanol–water partition coefficient (Wildman–Crippen LogP) is 1.85. The molecule has 0 saturated carbocycles. The van der Waals surface area contributed by atoms with E-state index in [9.17, 15) is 0 Å². The van der Waals surface area contributed by atoms with Gasteiger partial charge in [-0.05, 0) is 11.5 Å². The molecule has 0 aliphatic rings. The lowest BCUT2D eigenvalue weighted by molar-refractivity contribution is 0.237. The van der Waals surface area contributed by atoms with Gasteiger partial charge in [0.15, 0.2) is 0 Å². The Kier molecular flexibility index (Phi) is 3.74. The minimum Gasteiger partial charge on any atom is -0.394 e. The van der Waals surface area contributed by atoms with Gasteiger partial charge in [0.1, 0.15) is 6.04 Å². The van der Waals surface area contributed by atoms with Gasteiger partial charge < -0.3 is 15.4 Å². The number of aliphatic hydroxyl groups is 1. The third-order valence-corrected chi connectivity index (χ3v) is 2.79. The normalized spacial score (nSPS) is 12.9. The molecule has 0 aliphatic heterocycles. The highest BCUT2D eigenvalue weighted by Crippen LogP contribution is 2.21. The van der Waals surface area contributed by atoms with E-state index in [0.717, 1.165) is 5.56 Å². The SMILES string of the molecule is CC(C)c1ccc(-c2noc([C@H](N)CO)n2)cc1. The van der Waals surface area contributed by atoms with E-state index in [1.165, 1.54) is 5.56 Å². The molecule has 18 heavy (non-hydrogen) atoms. The molecule has 0 fully saturated rings. The van der Waals surface area contributed by atoms with Crippen molar-refractivity contribution in [1.29, 1.82) is 0 Å². The van der Waals surface area contributed by atoms with Gasteiger partial charge in [-0.15, -0.1) is 0 Å². The zero-order valence-corrected chi connectivity index (χ0v) is 10.5. The Hall–Kier alpha value is -1.72. The van der Waals surface area contributed by atoms with Gasteiger partial charge in [0.2, 0.25) is 11.7 Å². The van der Waals surface area contributed by atoms with Crippen molar-refractivity contribution in [2.45, 2.75) is 25.8 Å². The summed E-state index contributed by atoms with van der Waals surface area (Å²) in [5, 5.41) is 12.8. The highest BCUT2D eigenvalue weighted by atomic mass is 16.5. The number of benzene rings is 1. The quantitative estimate of drug-likeness (QED) is 0.861. The Morgan fingerprint density at radius 1 is 1.28 bits per heavy atom. The second-order valence-electron chi connectivity index (χ2n) is 4.52. The lowest BCUT2D eigenvalue weighted by Gasteiger charge is -2.04. The molecule has 1 atom stereocenters. The molecule has 0 amide bonds. The van der Waals surface area contributed by atoms with Crippen LogP contribution in [-0.4, -0.2) is 21.9 Å². The van der Waals surface area contributed by atoms with Crippen LogP contribution in [0.1, 0.15) is 37.3 Å². The summed E-state index contributed by atoms with van der Waals surface area (Å²) in [4.78, 5) is 4.16. The molecule has 2 aromatic rings. The molecule has 5 heteroatoms. The summed E-state index contributed by atoms with van der Waals surface area (Å²) in [7, 11) is 0. The fourth-order valence-corrected chi connectivity index (χ4v) is 1.60. The minimum atomic E-state index is -0.624. The molecule has 0 saturated heterocycles. The van der Waals surface area contributed by atoms with Crippen LogP contribution in [0, 0.1) is 0 Å². The molecule has 96 valence electrons. The van der Waals surface area contributed by atoms with Crippen molar-refractivity contribution < 1.29 is 9.63 Å². The fraction of sp³-hybridized carbons (Fsp3) is 0.385. The average Bonchev–Trinajstić information content (AvgIpc) is 2.87. The summed E-state index contributed by atoms with van der Waals surface area (Å²) in [6, 6.07) is 7.37. The van der Waals surface area contributed by atoms with E-state index in [-0.39, 0.29) is 12.5 Å². The summed E-state index contributed by atoms with van der Waals surface area (Å²) in [6.45, 7) is 4.07. The standard InChI is InChI=1S/C13H17N3O2/c1-8(2)9-3-5-10(6-4-9)12-15-13(18-16-12)11(14)7-17/h3-6,8,11,17H,7,14H2,1-2H3/t11-/m1/s1. The molecule has 5 nitrogen and oxygen atoms in total. The highest BCUT2D eigenvalue weighted by molar-refractivity contribution is 5.54. The van der Waals surface area contributed by atoms with Crippen molar-refractivity contribution >= 4 is 0 Å². The van der Waals surface area contributed by atoms with Crippen LogP contribution in [0.15, 0.2) is 28.8 Å². The summed E-state index contributed by atoms with van der Waals surface area (Å²) < 4.78 is 5.00. The molecule has 3 N–H and O–H groups in total. The molecule has 1 heterocycles. The maximum atomic E-state index is 8.91. The first kappa shape index (κ1) is 12.7. The first-order valence-electron chi connectivity index (χ1n) is 5.92. The number of hydrogen-bond donors (Lipinski definition) is 2. The van der Waals surface area contributed by atoms with Crippen LogP contribution in [0.4, 0.5) is 0 Å². The monoisotopic (exact) mass is 247 g/mol. The van der Waals surface area contributed by atoms with Crippen LogP contribution in [0.5, 0.6) is 0 Å². The van der Waals surface area contributed by atoms with Gasteiger partial charge >= 0.3 is 0 Å². The third-order valence-electron chi connectivity index (χ3n) is 2.79. The van der Waals surface area contributed by atoms with Crippen LogP contribution in [-0.2, 0) is 0 Å². The maximum Gasteiger partial charge on any atom is 0.246 e. The number of nitrogens with zero attached hydrogens (tertiary/aromatic N) is 2. The Bertz CT molecular complexity index is 505. The predicted molar refractivity (Wildman–Crippen MR) is 67.8 cm³/mol. The average molecular weight is 247 g/mol. The van der Waals surface area contributed by atoms with E-state index in [1.807, 2.05) is 24.3 Å². The number of aromatic nitrogens is 2. The van der Waals surface area contributed by atoms with Crippen molar-refractivity contribution in [2.24, 2.45) is 5.73 Å². The lowest BCUT2D eigenvalue weighted by atomic mass is 10.0. The van der Waals surface area contributed by atoms with Crippen LogP contribution in [0.3, 0.4) is 0 Å². The smallest absolute Gasteiger partial charge is 0.246 e. The Labute approximate surface area is 106 Å². The van der Waals surface area contributed by atoms with Crippen LogP contribution in [0.2, 0.25) is 0 Å². The van der Waals surface area contributed by atoms with Crippen LogP contribution in [0.25, 0.3) is 11.4 Å². The molecule has 0 unspecified atom stereocenters. The van der Waals surface area contributed by atoms with Gasteiger partial charge in [-0.3, -0.25) is 0 Å². The van der Waals surface area contributed by atoms with Gasteiger partial charge in [-0.1, -0.05) is 43.3 Å². The number of rotatable bonds is 4. The fourth-order valence-electron chi connectivity index (χ4n) is 1.60. The Morgan fingerprint density at radius 2 is 1.94 bits per heavy atom. The highest BCUT2D eigenvalue weighted by Gasteiger charge is 2.14. The van der Waals surface area contributed by atoms with Gasteiger partial charge in [-0.25, -0.2) is 0 Å². The number of hydrogen-bond acceptors (Lipinski definition) is 5. The van der Waals surface area contributed by atoms with Gasteiger partial charge in [0, 0.05) is 5.56 Å². The maximum absolute atomic E-state index is 8.91. The molecular weight excluding hydrogens is 230 g/mol. The first-order valence-corrected chi connectivity index (χ1v) is 5.92. The zero-order valence-electron chi connectivity index (χ0n) is 10.5. The zero-order chi connectivity index (χ0) is 13.1. The Balaban J connectivity index is 2.23. The molecule has 0 spiro atoms. The topological polar surface area (TPSA) is 85.2 Å². The molecule has 0 bridgehead atoms. The second kappa shape index (κ2) is 5.29. The summed E-state index contributed by atoms with van der Waals surface area (Å²) >= 11 is 0. The molecule has 1 aromatic carbocycles. The largest absolute Gasteiger partial charge is 0.394 e. The van der Waals surface area contributed by atoms with Gasteiger partial charge in [-0.2, -0.15) is 4.98 Å². The van der Waals surface area contributed by atoms with Crippen molar-refractivity contribution in [3.05, 3.63) is 35.7 Å². The molecule has 0 radical (unpaired) electrons.